The predicted octanol–water partition coefficient (Wildman–Crippen LogP) is 3.70. The Labute approximate surface area is 146 Å². The maximum Gasteiger partial charge on any atom is 0.214 e. The normalized spacial score (nSPS) is 10.8. The van der Waals surface area contributed by atoms with Crippen LogP contribution in [0.5, 0.6) is 5.75 Å². The van der Waals surface area contributed by atoms with E-state index in [9.17, 15) is 0 Å². The number of hydrogen-bond donors (Lipinski definition) is 0. The van der Waals surface area contributed by atoms with E-state index in [0.29, 0.717) is 0 Å². The average Bonchev–Trinajstić information content (AvgIpc) is 3.08. The van der Waals surface area contributed by atoms with Crippen LogP contribution in [-0.2, 0) is 6.42 Å². The fourth-order valence-electron chi connectivity index (χ4n) is 2.47. The van der Waals surface area contributed by atoms with Gasteiger partial charge in [0, 0.05) is 5.75 Å². The van der Waals surface area contributed by atoms with Crippen LogP contribution in [0.4, 0.5) is 0 Å². The maximum absolute atomic E-state index is 5.44. The first-order chi connectivity index (χ1) is 11.8. The summed E-state index contributed by atoms with van der Waals surface area (Å²) < 4.78 is 7.19. The number of benzene rings is 2. The average molecular weight is 340 g/mol. The molecule has 0 aliphatic heterocycles. The van der Waals surface area contributed by atoms with Gasteiger partial charge in [-0.3, -0.25) is 0 Å². The number of nitrogens with zero attached hydrogens (tertiary/aromatic N) is 4. The quantitative estimate of drug-likeness (QED) is 0.485. The number of methoxy groups -OCH3 is 1. The predicted molar refractivity (Wildman–Crippen MR) is 95.9 cm³/mol. The number of hydrogen-bond acceptors (Lipinski definition) is 5. The number of ether oxygens (including phenoxy) is 1. The van der Waals surface area contributed by atoms with E-state index in [0.717, 1.165) is 40.8 Å². The topological polar surface area (TPSA) is 52.8 Å². The summed E-state index contributed by atoms with van der Waals surface area (Å²) in [6.45, 7) is 2.04. The maximum atomic E-state index is 5.44. The number of thioether (sulfide) groups is 1. The molecule has 0 spiro atoms. The van der Waals surface area contributed by atoms with Gasteiger partial charge in [-0.2, -0.15) is 4.68 Å². The zero-order chi connectivity index (χ0) is 16.8. The highest BCUT2D eigenvalue weighted by molar-refractivity contribution is 7.99. The molecular formula is C18H20N4OS. The molecule has 0 N–H and O–H groups in total. The van der Waals surface area contributed by atoms with Crippen molar-refractivity contribution in [1.82, 2.24) is 20.2 Å². The number of aromatic nitrogens is 4. The lowest BCUT2D eigenvalue weighted by Gasteiger charge is -2.10. The lowest BCUT2D eigenvalue weighted by molar-refractivity contribution is 0.410. The highest BCUT2D eigenvalue weighted by atomic mass is 32.2. The van der Waals surface area contributed by atoms with Gasteiger partial charge >= 0.3 is 0 Å². The van der Waals surface area contributed by atoms with Crippen LogP contribution in [0.1, 0.15) is 17.5 Å². The van der Waals surface area contributed by atoms with Gasteiger partial charge in [-0.25, -0.2) is 0 Å². The fourth-order valence-corrected chi connectivity index (χ4v) is 3.29. The van der Waals surface area contributed by atoms with E-state index < -0.39 is 0 Å². The zero-order valence-electron chi connectivity index (χ0n) is 13.8. The Hall–Kier alpha value is -2.34. The molecule has 2 aromatic carbocycles. The van der Waals surface area contributed by atoms with Gasteiger partial charge in [-0.15, -0.1) is 5.10 Å². The zero-order valence-corrected chi connectivity index (χ0v) is 14.7. The third-order valence-corrected chi connectivity index (χ3v) is 4.69. The summed E-state index contributed by atoms with van der Waals surface area (Å²) in [6.07, 6.45) is 2.13. The fraction of sp³-hybridized carbons (Fsp3) is 0.278. The summed E-state index contributed by atoms with van der Waals surface area (Å²) in [7, 11) is 1.66. The van der Waals surface area contributed by atoms with Gasteiger partial charge in [0.25, 0.3) is 0 Å². The third-order valence-electron chi connectivity index (χ3n) is 3.69. The molecule has 0 saturated heterocycles. The molecule has 0 saturated carbocycles. The molecule has 6 heteroatoms. The Morgan fingerprint density at radius 3 is 2.75 bits per heavy atom. The van der Waals surface area contributed by atoms with Gasteiger partial charge in [-0.1, -0.05) is 48.2 Å². The molecule has 0 aliphatic rings. The first-order valence-electron chi connectivity index (χ1n) is 7.88. The van der Waals surface area contributed by atoms with E-state index in [4.69, 9.17) is 4.74 Å². The Balaban J connectivity index is 1.66. The van der Waals surface area contributed by atoms with Crippen molar-refractivity contribution >= 4 is 11.8 Å². The molecule has 0 amide bonds. The molecule has 0 unspecified atom stereocenters. The largest absolute Gasteiger partial charge is 0.494 e. The van der Waals surface area contributed by atoms with E-state index in [2.05, 4.69) is 39.8 Å². The first kappa shape index (κ1) is 16.5. The van der Waals surface area contributed by atoms with Crippen molar-refractivity contribution in [1.29, 1.82) is 0 Å². The summed E-state index contributed by atoms with van der Waals surface area (Å²) in [4.78, 5) is 0. The Kier molecular flexibility index (Phi) is 5.48. The SMILES string of the molecule is COc1ccc(C)cc1-n1nnnc1SCCCc1ccccc1. The molecule has 0 radical (unpaired) electrons. The molecule has 0 atom stereocenters. The third kappa shape index (κ3) is 3.94. The van der Waals surface area contributed by atoms with E-state index in [1.54, 1.807) is 23.6 Å². The van der Waals surface area contributed by atoms with Crippen molar-refractivity contribution in [3.05, 3.63) is 59.7 Å². The minimum Gasteiger partial charge on any atom is -0.494 e. The molecule has 3 aromatic rings. The summed E-state index contributed by atoms with van der Waals surface area (Å²) >= 11 is 1.66. The minimum atomic E-state index is 0.763. The van der Waals surface area contributed by atoms with Crippen LogP contribution < -0.4 is 4.74 Å². The second-order valence-electron chi connectivity index (χ2n) is 5.49. The van der Waals surface area contributed by atoms with Gasteiger partial charge in [0.05, 0.1) is 7.11 Å². The van der Waals surface area contributed by atoms with Crippen LogP contribution in [0.2, 0.25) is 0 Å². The van der Waals surface area contributed by atoms with Crippen molar-refractivity contribution < 1.29 is 4.74 Å². The van der Waals surface area contributed by atoms with Crippen molar-refractivity contribution in [2.75, 3.05) is 12.9 Å². The van der Waals surface area contributed by atoms with E-state index in [1.807, 2.05) is 31.2 Å². The van der Waals surface area contributed by atoms with Crippen LogP contribution in [0.15, 0.2) is 53.7 Å². The van der Waals surface area contributed by atoms with Crippen molar-refractivity contribution in [2.24, 2.45) is 0 Å². The standard InChI is InChI=1S/C18H20N4OS/c1-14-10-11-17(23-2)16(13-14)22-18(19-20-21-22)24-12-6-9-15-7-4-3-5-8-15/h3-5,7-8,10-11,13H,6,9,12H2,1-2H3. The van der Waals surface area contributed by atoms with E-state index in [1.165, 1.54) is 5.56 Å². The van der Waals surface area contributed by atoms with Crippen LogP contribution >= 0.6 is 11.8 Å². The van der Waals surface area contributed by atoms with E-state index >= 15 is 0 Å². The van der Waals surface area contributed by atoms with Gasteiger partial charge in [-0.05, 0) is 53.5 Å². The van der Waals surface area contributed by atoms with Crippen molar-refractivity contribution in [3.63, 3.8) is 0 Å². The van der Waals surface area contributed by atoms with Gasteiger partial charge in [0.15, 0.2) is 0 Å². The van der Waals surface area contributed by atoms with Crippen LogP contribution in [0.25, 0.3) is 5.69 Å². The van der Waals surface area contributed by atoms with Gasteiger partial charge < -0.3 is 4.74 Å². The van der Waals surface area contributed by atoms with Crippen LogP contribution in [0.3, 0.4) is 0 Å². The lowest BCUT2D eigenvalue weighted by Crippen LogP contribution is -2.03. The number of aryl methyl sites for hydroxylation is 2. The Morgan fingerprint density at radius 1 is 1.12 bits per heavy atom. The summed E-state index contributed by atoms with van der Waals surface area (Å²) in [6, 6.07) is 16.5. The summed E-state index contributed by atoms with van der Waals surface area (Å²) in [5.74, 6) is 1.72. The molecule has 0 fully saturated rings. The molecule has 1 heterocycles. The summed E-state index contributed by atoms with van der Waals surface area (Å²) in [5.41, 5.74) is 3.37. The van der Waals surface area contributed by atoms with Crippen molar-refractivity contribution in [3.8, 4) is 11.4 Å². The van der Waals surface area contributed by atoms with Crippen molar-refractivity contribution in [2.45, 2.75) is 24.9 Å². The lowest BCUT2D eigenvalue weighted by atomic mass is 10.1. The molecule has 0 aliphatic carbocycles. The van der Waals surface area contributed by atoms with Crippen LogP contribution in [0, 0.1) is 6.92 Å². The molecule has 3 rings (SSSR count). The second kappa shape index (κ2) is 7.97. The summed E-state index contributed by atoms with van der Waals surface area (Å²) in [5, 5.41) is 12.9. The number of tetrazole rings is 1. The molecule has 5 nitrogen and oxygen atoms in total. The molecule has 24 heavy (non-hydrogen) atoms. The highest BCUT2D eigenvalue weighted by Gasteiger charge is 2.13. The minimum absolute atomic E-state index is 0.763. The molecular weight excluding hydrogens is 320 g/mol. The molecule has 124 valence electrons. The Morgan fingerprint density at radius 2 is 1.96 bits per heavy atom. The smallest absolute Gasteiger partial charge is 0.214 e. The van der Waals surface area contributed by atoms with Gasteiger partial charge in [0.1, 0.15) is 11.4 Å². The highest BCUT2D eigenvalue weighted by Crippen LogP contribution is 2.27. The number of rotatable bonds is 7. The van der Waals surface area contributed by atoms with E-state index in [-0.39, 0.29) is 0 Å². The molecule has 1 aromatic heterocycles. The second-order valence-corrected chi connectivity index (χ2v) is 6.55. The monoisotopic (exact) mass is 340 g/mol. The van der Waals surface area contributed by atoms with Gasteiger partial charge in [0.2, 0.25) is 5.16 Å². The van der Waals surface area contributed by atoms with Crippen LogP contribution in [-0.4, -0.2) is 33.1 Å². The first-order valence-corrected chi connectivity index (χ1v) is 8.86. The molecule has 0 bridgehead atoms. The Bertz CT molecular complexity index is 789.